The van der Waals surface area contributed by atoms with E-state index >= 15 is 0 Å². The van der Waals surface area contributed by atoms with Gasteiger partial charge in [-0.3, -0.25) is 4.79 Å². The van der Waals surface area contributed by atoms with Crippen molar-refractivity contribution < 1.29 is 4.79 Å². The summed E-state index contributed by atoms with van der Waals surface area (Å²) in [5, 5.41) is 0. The van der Waals surface area contributed by atoms with Crippen molar-refractivity contribution in [3.05, 3.63) is 49.6 Å². The van der Waals surface area contributed by atoms with Crippen molar-refractivity contribution in [1.29, 1.82) is 0 Å². The Bertz CT molecular complexity index is 592. The molecule has 0 saturated heterocycles. The van der Waals surface area contributed by atoms with Gasteiger partial charge in [-0.2, -0.15) is 0 Å². The van der Waals surface area contributed by atoms with E-state index in [1.165, 1.54) is 11.3 Å². The molecule has 0 amide bonds. The van der Waals surface area contributed by atoms with Crippen LogP contribution in [0.1, 0.15) is 21.5 Å². The molecule has 5 heteroatoms. The lowest BCUT2D eigenvalue weighted by molar-refractivity contribution is 0.104. The Morgan fingerprint density at radius 3 is 2.53 bits per heavy atom. The average Bonchev–Trinajstić information content (AvgIpc) is 2.60. The smallest absolute Gasteiger partial charge is 0.197 e. The first kappa shape index (κ1) is 12.4. The summed E-state index contributed by atoms with van der Waals surface area (Å²) in [5.41, 5.74) is 8.07. The lowest BCUT2D eigenvalue weighted by atomic mass is 10.0. The van der Waals surface area contributed by atoms with E-state index in [1.807, 2.05) is 13.0 Å². The number of anilines is 1. The molecule has 2 aromatic rings. The molecule has 0 spiro atoms. The Balaban J connectivity index is 2.50. The number of nitrogen functional groups attached to an aromatic ring is 1. The van der Waals surface area contributed by atoms with Crippen molar-refractivity contribution in [2.75, 3.05) is 5.73 Å². The maximum Gasteiger partial charge on any atom is 0.197 e. The topological polar surface area (TPSA) is 43.1 Å². The summed E-state index contributed by atoms with van der Waals surface area (Å²) < 4.78 is 0.880. The molecule has 1 aromatic carbocycles. The second kappa shape index (κ2) is 4.69. The molecule has 1 heterocycles. The zero-order chi connectivity index (χ0) is 12.6. The van der Waals surface area contributed by atoms with Crippen molar-refractivity contribution >= 4 is 46.0 Å². The predicted molar refractivity (Wildman–Crippen MR) is 73.4 cm³/mol. The van der Waals surface area contributed by atoms with Gasteiger partial charge in [0.25, 0.3) is 0 Å². The van der Waals surface area contributed by atoms with Gasteiger partial charge in [0.2, 0.25) is 0 Å². The highest BCUT2D eigenvalue weighted by Crippen LogP contribution is 2.33. The Hall–Kier alpha value is -1.03. The van der Waals surface area contributed by atoms with E-state index in [1.54, 1.807) is 18.2 Å². The monoisotopic (exact) mass is 285 g/mol. The Labute approximate surface area is 113 Å². The van der Waals surface area contributed by atoms with Crippen molar-refractivity contribution in [3.8, 4) is 0 Å². The minimum atomic E-state index is -0.195. The van der Waals surface area contributed by atoms with Crippen LogP contribution in [0.4, 0.5) is 5.69 Å². The normalized spacial score (nSPS) is 10.5. The molecule has 0 aliphatic carbocycles. The number of aryl methyl sites for hydroxylation is 1. The molecule has 17 heavy (non-hydrogen) atoms. The molecule has 0 aliphatic rings. The summed E-state index contributed by atoms with van der Waals surface area (Å²) in [4.78, 5) is 12.2. The van der Waals surface area contributed by atoms with Gasteiger partial charge in [0, 0.05) is 11.3 Å². The maximum absolute atomic E-state index is 12.2. The first-order chi connectivity index (χ1) is 7.99. The molecule has 0 saturated carbocycles. The zero-order valence-electron chi connectivity index (χ0n) is 8.96. The Morgan fingerprint density at radius 1 is 1.24 bits per heavy atom. The van der Waals surface area contributed by atoms with Gasteiger partial charge in [-0.15, -0.1) is 11.3 Å². The van der Waals surface area contributed by atoms with E-state index in [0.717, 1.165) is 5.56 Å². The second-order valence-corrected chi connectivity index (χ2v) is 5.94. The first-order valence-electron chi connectivity index (χ1n) is 4.84. The number of rotatable bonds is 2. The van der Waals surface area contributed by atoms with Gasteiger partial charge in [-0.1, -0.05) is 34.8 Å². The molecule has 2 N–H and O–H groups in total. The number of thiophene rings is 1. The molecular weight excluding hydrogens is 277 g/mol. The zero-order valence-corrected chi connectivity index (χ0v) is 11.3. The maximum atomic E-state index is 12.2. The van der Waals surface area contributed by atoms with Crippen LogP contribution in [0.2, 0.25) is 8.67 Å². The third kappa shape index (κ3) is 2.46. The highest BCUT2D eigenvalue weighted by Gasteiger charge is 2.18. The van der Waals surface area contributed by atoms with Gasteiger partial charge in [0.15, 0.2) is 5.78 Å². The van der Waals surface area contributed by atoms with Crippen molar-refractivity contribution in [2.24, 2.45) is 0 Å². The Kier molecular flexibility index (Phi) is 3.43. The van der Waals surface area contributed by atoms with Crippen LogP contribution < -0.4 is 5.73 Å². The molecule has 0 fully saturated rings. The molecule has 2 rings (SSSR count). The molecule has 88 valence electrons. The quantitative estimate of drug-likeness (QED) is 0.665. The van der Waals surface area contributed by atoms with Gasteiger partial charge in [-0.05, 0) is 25.1 Å². The minimum absolute atomic E-state index is 0.195. The van der Waals surface area contributed by atoms with E-state index in [4.69, 9.17) is 28.9 Å². The molecule has 0 atom stereocenters. The van der Waals surface area contributed by atoms with Crippen LogP contribution in [0.25, 0.3) is 0 Å². The van der Waals surface area contributed by atoms with Crippen LogP contribution in [0, 0.1) is 6.92 Å². The number of nitrogens with two attached hydrogens (primary N) is 1. The fourth-order valence-electron chi connectivity index (χ4n) is 1.51. The summed E-state index contributed by atoms with van der Waals surface area (Å²) in [6.07, 6.45) is 0. The molecule has 0 unspecified atom stereocenters. The summed E-state index contributed by atoms with van der Waals surface area (Å²) >= 11 is 12.9. The lowest BCUT2D eigenvalue weighted by Gasteiger charge is -2.05. The van der Waals surface area contributed by atoms with Crippen molar-refractivity contribution in [3.63, 3.8) is 0 Å². The molecular formula is C12H9Cl2NOS. The first-order valence-corrected chi connectivity index (χ1v) is 6.42. The predicted octanol–water partition coefficient (Wildman–Crippen LogP) is 4.18. The molecule has 0 radical (unpaired) electrons. The number of benzene rings is 1. The van der Waals surface area contributed by atoms with Crippen LogP contribution in [0.5, 0.6) is 0 Å². The largest absolute Gasteiger partial charge is 0.398 e. The van der Waals surface area contributed by atoms with Crippen LogP contribution in [0.3, 0.4) is 0 Å². The van der Waals surface area contributed by atoms with E-state index in [9.17, 15) is 4.79 Å². The number of hydrogen-bond acceptors (Lipinski definition) is 3. The van der Waals surface area contributed by atoms with E-state index in [2.05, 4.69) is 0 Å². The van der Waals surface area contributed by atoms with E-state index in [0.29, 0.717) is 25.5 Å². The summed E-state index contributed by atoms with van der Waals surface area (Å²) in [5.74, 6) is -0.195. The van der Waals surface area contributed by atoms with Gasteiger partial charge < -0.3 is 5.73 Å². The third-order valence-electron chi connectivity index (χ3n) is 2.35. The third-order valence-corrected chi connectivity index (χ3v) is 3.84. The number of carbonyl (C=O) groups excluding carboxylic acids is 1. The molecule has 2 nitrogen and oxygen atoms in total. The highest BCUT2D eigenvalue weighted by molar-refractivity contribution is 7.20. The molecule has 0 aliphatic heterocycles. The van der Waals surface area contributed by atoms with E-state index < -0.39 is 0 Å². The minimum Gasteiger partial charge on any atom is -0.398 e. The fraction of sp³-hybridized carbons (Fsp3) is 0.0833. The van der Waals surface area contributed by atoms with Crippen LogP contribution in [0.15, 0.2) is 24.3 Å². The van der Waals surface area contributed by atoms with Crippen LogP contribution in [-0.4, -0.2) is 5.78 Å². The summed E-state index contributed by atoms with van der Waals surface area (Å²) in [6.45, 7) is 1.90. The number of hydrogen-bond donors (Lipinski definition) is 1. The van der Waals surface area contributed by atoms with Gasteiger partial charge in [0.05, 0.1) is 9.90 Å². The van der Waals surface area contributed by atoms with Gasteiger partial charge in [-0.25, -0.2) is 0 Å². The second-order valence-electron chi connectivity index (χ2n) is 3.66. The SMILES string of the molecule is Cc1ccc(N)c(C(=O)c2cc(Cl)sc2Cl)c1. The Morgan fingerprint density at radius 2 is 1.94 bits per heavy atom. The standard InChI is InChI=1S/C12H9Cl2NOS/c1-6-2-3-9(15)7(4-6)11(16)8-5-10(13)17-12(8)14/h2-5H,15H2,1H3. The van der Waals surface area contributed by atoms with Gasteiger partial charge >= 0.3 is 0 Å². The molecule has 1 aromatic heterocycles. The van der Waals surface area contributed by atoms with E-state index in [-0.39, 0.29) is 5.78 Å². The fourth-order valence-corrected chi connectivity index (χ4v) is 2.97. The summed E-state index contributed by atoms with van der Waals surface area (Å²) in [6, 6.07) is 6.89. The molecule has 0 bridgehead atoms. The van der Waals surface area contributed by atoms with Crippen molar-refractivity contribution in [1.82, 2.24) is 0 Å². The average molecular weight is 286 g/mol. The lowest BCUT2D eigenvalue weighted by Crippen LogP contribution is -2.05. The number of carbonyl (C=O) groups is 1. The number of ketones is 1. The van der Waals surface area contributed by atoms with Crippen LogP contribution in [-0.2, 0) is 0 Å². The van der Waals surface area contributed by atoms with Crippen LogP contribution >= 0.6 is 34.5 Å². The number of halogens is 2. The summed E-state index contributed by atoms with van der Waals surface area (Å²) in [7, 11) is 0. The van der Waals surface area contributed by atoms with Crippen molar-refractivity contribution in [2.45, 2.75) is 6.92 Å². The highest BCUT2D eigenvalue weighted by atomic mass is 35.5. The van der Waals surface area contributed by atoms with Gasteiger partial charge in [0.1, 0.15) is 4.34 Å².